The van der Waals surface area contributed by atoms with Crippen molar-refractivity contribution in [2.75, 3.05) is 13.2 Å². The van der Waals surface area contributed by atoms with Gasteiger partial charge in [0.15, 0.2) is 0 Å². The number of likely N-dealkylation sites (N-methyl/N-ethyl adjacent to an activating group) is 1. The van der Waals surface area contributed by atoms with E-state index < -0.39 is 0 Å². The number of aromatic nitrogens is 1. The van der Waals surface area contributed by atoms with Gasteiger partial charge in [-0.1, -0.05) is 6.92 Å². The number of ether oxygens (including phenoxy) is 1. The lowest BCUT2D eigenvalue weighted by atomic mass is 10.0. The molecule has 0 spiro atoms. The SMILES string of the molecule is CCNC(CCC1CCCO1)Cc1ccc(Br)cn1. The van der Waals surface area contributed by atoms with Gasteiger partial charge in [0.1, 0.15) is 0 Å². The van der Waals surface area contributed by atoms with Gasteiger partial charge >= 0.3 is 0 Å². The van der Waals surface area contributed by atoms with E-state index in [2.05, 4.69) is 45.3 Å². The molecule has 106 valence electrons. The van der Waals surface area contributed by atoms with Gasteiger partial charge in [0, 0.05) is 35.4 Å². The molecule has 0 aromatic carbocycles. The van der Waals surface area contributed by atoms with Crippen molar-refractivity contribution in [1.82, 2.24) is 10.3 Å². The summed E-state index contributed by atoms with van der Waals surface area (Å²) in [4.78, 5) is 4.46. The van der Waals surface area contributed by atoms with Crippen LogP contribution in [0.1, 0.15) is 38.3 Å². The van der Waals surface area contributed by atoms with Gasteiger partial charge in [-0.2, -0.15) is 0 Å². The highest BCUT2D eigenvalue weighted by Gasteiger charge is 2.18. The van der Waals surface area contributed by atoms with Crippen LogP contribution in [0, 0.1) is 0 Å². The summed E-state index contributed by atoms with van der Waals surface area (Å²) in [7, 11) is 0. The molecule has 2 heterocycles. The lowest BCUT2D eigenvalue weighted by Gasteiger charge is -2.19. The normalized spacial score (nSPS) is 20.6. The molecular formula is C15H23BrN2O. The fraction of sp³-hybridized carbons (Fsp3) is 0.667. The van der Waals surface area contributed by atoms with Crippen molar-refractivity contribution in [2.24, 2.45) is 0 Å². The van der Waals surface area contributed by atoms with Crippen molar-refractivity contribution in [1.29, 1.82) is 0 Å². The first kappa shape index (κ1) is 14.9. The molecule has 1 aromatic heterocycles. The second-order valence-electron chi connectivity index (χ2n) is 5.14. The molecule has 0 saturated carbocycles. The van der Waals surface area contributed by atoms with E-state index in [-0.39, 0.29) is 0 Å². The van der Waals surface area contributed by atoms with E-state index >= 15 is 0 Å². The average Bonchev–Trinajstić information content (AvgIpc) is 2.92. The third-order valence-electron chi connectivity index (χ3n) is 3.60. The second kappa shape index (κ2) is 7.98. The molecule has 19 heavy (non-hydrogen) atoms. The maximum absolute atomic E-state index is 5.70. The van der Waals surface area contributed by atoms with Crippen LogP contribution in [0.25, 0.3) is 0 Å². The van der Waals surface area contributed by atoms with E-state index in [1.807, 2.05) is 6.20 Å². The van der Waals surface area contributed by atoms with Crippen LogP contribution in [0.15, 0.2) is 22.8 Å². The summed E-state index contributed by atoms with van der Waals surface area (Å²) in [6.45, 7) is 4.12. The quantitative estimate of drug-likeness (QED) is 0.834. The van der Waals surface area contributed by atoms with Crippen molar-refractivity contribution in [3.63, 3.8) is 0 Å². The lowest BCUT2D eigenvalue weighted by Crippen LogP contribution is -2.32. The third kappa shape index (κ3) is 5.21. The summed E-state index contributed by atoms with van der Waals surface area (Å²) >= 11 is 3.42. The number of hydrogen-bond acceptors (Lipinski definition) is 3. The molecule has 1 saturated heterocycles. The Bertz CT molecular complexity index is 363. The van der Waals surface area contributed by atoms with Gasteiger partial charge in [-0.25, -0.2) is 0 Å². The summed E-state index contributed by atoms with van der Waals surface area (Å²) < 4.78 is 6.74. The number of rotatable bonds is 7. The fourth-order valence-corrected chi connectivity index (χ4v) is 2.84. The fourth-order valence-electron chi connectivity index (χ4n) is 2.60. The highest BCUT2D eigenvalue weighted by molar-refractivity contribution is 9.10. The summed E-state index contributed by atoms with van der Waals surface area (Å²) in [6.07, 6.45) is 8.13. The number of hydrogen-bond donors (Lipinski definition) is 1. The molecule has 1 aliphatic rings. The average molecular weight is 327 g/mol. The molecule has 2 rings (SSSR count). The molecule has 0 bridgehead atoms. The maximum atomic E-state index is 5.70. The zero-order chi connectivity index (χ0) is 13.5. The van der Waals surface area contributed by atoms with Crippen molar-refractivity contribution >= 4 is 15.9 Å². The number of nitrogens with one attached hydrogen (secondary N) is 1. The number of nitrogens with zero attached hydrogens (tertiary/aromatic N) is 1. The first-order valence-electron chi connectivity index (χ1n) is 7.23. The molecule has 1 fully saturated rings. The van der Waals surface area contributed by atoms with Crippen molar-refractivity contribution in [2.45, 2.75) is 51.2 Å². The zero-order valence-electron chi connectivity index (χ0n) is 11.6. The second-order valence-corrected chi connectivity index (χ2v) is 6.05. The minimum absolute atomic E-state index is 0.485. The Morgan fingerprint density at radius 1 is 1.53 bits per heavy atom. The number of halogens is 1. The van der Waals surface area contributed by atoms with Crippen LogP contribution in [0.5, 0.6) is 0 Å². The Morgan fingerprint density at radius 3 is 3.05 bits per heavy atom. The van der Waals surface area contributed by atoms with E-state index in [1.54, 1.807) is 0 Å². The molecule has 0 aliphatic carbocycles. The molecule has 1 N–H and O–H groups in total. The summed E-state index contributed by atoms with van der Waals surface area (Å²) in [5.41, 5.74) is 1.15. The van der Waals surface area contributed by atoms with Gasteiger partial charge in [-0.15, -0.1) is 0 Å². The van der Waals surface area contributed by atoms with Crippen LogP contribution in [-0.4, -0.2) is 30.3 Å². The van der Waals surface area contributed by atoms with Gasteiger partial charge in [0.25, 0.3) is 0 Å². The Kier molecular flexibility index (Phi) is 6.28. The van der Waals surface area contributed by atoms with Crippen molar-refractivity contribution in [3.05, 3.63) is 28.5 Å². The molecule has 0 radical (unpaired) electrons. The third-order valence-corrected chi connectivity index (χ3v) is 4.07. The molecule has 3 nitrogen and oxygen atoms in total. The van der Waals surface area contributed by atoms with Gasteiger partial charge in [0.2, 0.25) is 0 Å². The van der Waals surface area contributed by atoms with Crippen LogP contribution in [0.3, 0.4) is 0 Å². The van der Waals surface area contributed by atoms with Crippen LogP contribution in [0.2, 0.25) is 0 Å². The van der Waals surface area contributed by atoms with Crippen molar-refractivity contribution < 1.29 is 4.74 Å². The van der Waals surface area contributed by atoms with Crippen LogP contribution in [0.4, 0.5) is 0 Å². The molecule has 2 unspecified atom stereocenters. The Morgan fingerprint density at radius 2 is 2.42 bits per heavy atom. The van der Waals surface area contributed by atoms with E-state index in [9.17, 15) is 0 Å². The first-order chi connectivity index (χ1) is 9.28. The standard InChI is InChI=1S/C15H23BrN2O/c1-2-17-13(7-8-15-4-3-9-19-15)10-14-6-5-12(16)11-18-14/h5-6,11,13,15,17H,2-4,7-10H2,1H3. The summed E-state index contributed by atoms with van der Waals surface area (Å²) in [6, 6.07) is 4.66. The van der Waals surface area contributed by atoms with Gasteiger partial charge < -0.3 is 10.1 Å². The summed E-state index contributed by atoms with van der Waals surface area (Å²) in [5.74, 6) is 0. The lowest BCUT2D eigenvalue weighted by molar-refractivity contribution is 0.0996. The van der Waals surface area contributed by atoms with Gasteiger partial charge in [-0.3, -0.25) is 4.98 Å². The Labute approximate surface area is 124 Å². The van der Waals surface area contributed by atoms with E-state index in [0.29, 0.717) is 12.1 Å². The van der Waals surface area contributed by atoms with E-state index in [4.69, 9.17) is 4.74 Å². The Hall–Kier alpha value is -0.450. The molecule has 1 aromatic rings. The largest absolute Gasteiger partial charge is 0.378 e. The van der Waals surface area contributed by atoms with E-state index in [1.165, 1.54) is 12.8 Å². The number of pyridine rings is 1. The molecular weight excluding hydrogens is 304 g/mol. The predicted molar refractivity (Wildman–Crippen MR) is 81.3 cm³/mol. The topological polar surface area (TPSA) is 34.1 Å². The molecule has 4 heteroatoms. The minimum Gasteiger partial charge on any atom is -0.378 e. The highest BCUT2D eigenvalue weighted by Crippen LogP contribution is 2.19. The van der Waals surface area contributed by atoms with Crippen LogP contribution in [-0.2, 0) is 11.2 Å². The van der Waals surface area contributed by atoms with Crippen LogP contribution >= 0.6 is 15.9 Å². The zero-order valence-corrected chi connectivity index (χ0v) is 13.2. The monoisotopic (exact) mass is 326 g/mol. The maximum Gasteiger partial charge on any atom is 0.0576 e. The molecule has 2 atom stereocenters. The van der Waals surface area contributed by atoms with Gasteiger partial charge in [0.05, 0.1) is 6.10 Å². The van der Waals surface area contributed by atoms with E-state index in [0.717, 1.165) is 42.6 Å². The van der Waals surface area contributed by atoms with Crippen LogP contribution < -0.4 is 5.32 Å². The summed E-state index contributed by atoms with van der Waals surface area (Å²) in [5, 5.41) is 3.56. The minimum atomic E-state index is 0.485. The highest BCUT2D eigenvalue weighted by atomic mass is 79.9. The van der Waals surface area contributed by atoms with Crippen molar-refractivity contribution in [3.8, 4) is 0 Å². The Balaban J connectivity index is 1.82. The first-order valence-corrected chi connectivity index (χ1v) is 8.02. The predicted octanol–water partition coefficient (Wildman–Crippen LogP) is 3.32. The molecule has 1 aliphatic heterocycles. The molecule has 0 amide bonds. The van der Waals surface area contributed by atoms with Gasteiger partial charge in [-0.05, 0) is 60.3 Å². The smallest absolute Gasteiger partial charge is 0.0576 e.